The molecule has 0 aromatic rings. The van der Waals surface area contributed by atoms with Crippen molar-refractivity contribution in [2.24, 2.45) is 168 Å². The topological polar surface area (TPSA) is 87.9 Å². The molecule has 19 fully saturated rings. The van der Waals surface area contributed by atoms with Crippen molar-refractivity contribution in [3.05, 3.63) is 22.8 Å². The summed E-state index contributed by atoms with van der Waals surface area (Å²) in [5, 5.41) is 27.4. The summed E-state index contributed by atoms with van der Waals surface area (Å²) in [5.41, 5.74) is 5.65. The average molecular weight is 2080 g/mol. The van der Waals surface area contributed by atoms with Gasteiger partial charge in [-0.1, -0.05) is 401 Å². The molecule has 2 bridgehead atoms. The number of hydrogen-bond acceptors (Lipinski definition) is 5. The Labute approximate surface area is 923 Å². The molecule has 19 aliphatic carbocycles. The number of alkyl halides is 3. The number of hydrogen-bond donors (Lipinski definition) is 3. The fourth-order valence-electron chi connectivity index (χ4n) is 22.3. The Morgan fingerprint density at radius 1 is 0.313 bits per heavy atom. The number of halogens is 3. The molecule has 19 rings (SSSR count). The first-order chi connectivity index (χ1) is 66.1. The summed E-state index contributed by atoms with van der Waals surface area (Å²) in [4.78, 5) is 7.40. The molecule has 7 nitrogen and oxygen atoms in total. The molecule has 0 aromatic heterocycles. The summed E-state index contributed by atoms with van der Waals surface area (Å²) in [6.07, 6.45) is 46.0. The zero-order valence-electron chi connectivity index (χ0n) is 111. The lowest BCUT2D eigenvalue weighted by molar-refractivity contribution is -0.191. The molecule has 0 heterocycles. The van der Waals surface area contributed by atoms with Gasteiger partial charge in [-0.05, 0) is 350 Å². The highest BCUT2D eigenvalue weighted by atomic mass is 19.3. The molecule has 0 aliphatic heterocycles. The minimum Gasteiger partial charge on any atom is -0.396 e. The van der Waals surface area contributed by atoms with Gasteiger partial charge >= 0.3 is 0 Å². The van der Waals surface area contributed by atoms with Crippen LogP contribution in [0.3, 0.4) is 0 Å². The van der Waals surface area contributed by atoms with Crippen molar-refractivity contribution in [1.82, 2.24) is 0 Å². The third-order valence-electron chi connectivity index (χ3n) is 40.9. The van der Waals surface area contributed by atoms with Crippen LogP contribution < -0.4 is 0 Å². The van der Waals surface area contributed by atoms with Crippen LogP contribution in [-0.2, 0) is 9.47 Å². The van der Waals surface area contributed by atoms with Crippen LogP contribution in [0.2, 0.25) is 0 Å². The molecular weight excluding hydrogens is 1810 g/mol. The molecule has 0 atom stereocenters. The lowest BCUT2D eigenvalue weighted by Gasteiger charge is -2.68. The van der Waals surface area contributed by atoms with Crippen molar-refractivity contribution >= 4 is 0 Å². The lowest BCUT2D eigenvalue weighted by Crippen LogP contribution is -2.58. The maximum absolute atomic E-state index is 13.0. The van der Waals surface area contributed by atoms with Crippen molar-refractivity contribution in [2.75, 3.05) is 34.0 Å². The van der Waals surface area contributed by atoms with Crippen LogP contribution in [0, 0.1) is 181 Å². The average Bonchev–Trinajstić information content (AvgIpc) is 1.46. The molecule has 10 heteroatoms. The van der Waals surface area contributed by atoms with E-state index in [0.29, 0.717) is 67.4 Å². The van der Waals surface area contributed by atoms with Gasteiger partial charge < -0.3 is 34.5 Å². The number of rotatable bonds is 6. The van der Waals surface area contributed by atoms with Gasteiger partial charge in [-0.2, -0.15) is 0 Å². The quantitative estimate of drug-likeness (QED) is 0.231. The molecule has 19 saturated carbocycles. The first kappa shape index (κ1) is 150. The summed E-state index contributed by atoms with van der Waals surface area (Å²) in [5.74, 6) is 9.15. The maximum atomic E-state index is 13.0. The van der Waals surface area contributed by atoms with E-state index < -0.39 is 11.6 Å². The second kappa shape index (κ2) is 58.6. The van der Waals surface area contributed by atoms with Gasteiger partial charge in [0.05, 0.1) is 17.8 Å². The minimum absolute atomic E-state index is 0.00694. The molecule has 0 amide bonds. The van der Waals surface area contributed by atoms with Gasteiger partial charge in [0.1, 0.15) is 5.67 Å². The van der Waals surface area contributed by atoms with E-state index in [1.54, 1.807) is 7.11 Å². The Hall–Kier alpha value is -1.43. The summed E-state index contributed by atoms with van der Waals surface area (Å²) in [6, 6.07) is 0. The van der Waals surface area contributed by atoms with Gasteiger partial charge in [-0.3, -0.25) is 0 Å². The Bertz CT molecular complexity index is 3260. The fraction of sp³-hybridized carbons (Fsp3) is 0.985. The SMILES string of the molecule is CC.CC.CC.CC.CC(C)(C)C1(C)CC(F)(F)C1.CC(C)(C)C1(C)CC1.CC(C)(C)C1(C)CCC1.CC(C)(C)C1(CO)CC1.CC(C)(C)C1(CO)CC1.CC(C)(C)C1(F)CC1.CC(C)(C)C1(O)CC1.CC(C)(C)C12CC(C1)C2.CC(C)C1CC1.CC1CC(C)C1.CC1CC(C)C1.CC1CC(C)C1.CC1CC(C)C1.COC1(C(C)(C)C)CC1.COCC1(C(C)(C)C)CC1.[C-]#[N+]C1(C(C)(C)C)CC1.[C-]#[N+]C1(C(C)(C)C)CCC1. The maximum Gasteiger partial charge on any atom is 0.249 e. The van der Waals surface area contributed by atoms with Gasteiger partial charge in [-0.15, -0.1) is 0 Å². The summed E-state index contributed by atoms with van der Waals surface area (Å²) >= 11 is 0. The van der Waals surface area contributed by atoms with Gasteiger partial charge in [0.15, 0.2) is 0 Å². The smallest absolute Gasteiger partial charge is 0.249 e. The predicted octanol–water partition coefficient (Wildman–Crippen LogP) is 44.5. The Kier molecular flexibility index (Phi) is 59.6. The Balaban J connectivity index is -0.00000150. The van der Waals surface area contributed by atoms with Gasteiger partial charge in [0, 0.05) is 76.8 Å². The molecule has 0 saturated heterocycles. The number of aliphatic hydroxyl groups is 3. The summed E-state index contributed by atoms with van der Waals surface area (Å²) < 4.78 is 48.7. The summed E-state index contributed by atoms with van der Waals surface area (Å²) in [6.45, 7) is 141. The zero-order valence-corrected chi connectivity index (χ0v) is 111. The predicted molar refractivity (Wildman–Crippen MR) is 647 cm³/mol. The molecule has 19 aliphatic rings. The zero-order chi connectivity index (χ0) is 117. The molecule has 0 unspecified atom stereocenters. The third kappa shape index (κ3) is 47.9. The van der Waals surface area contributed by atoms with Crippen LogP contribution in [0.5, 0.6) is 0 Å². The number of methoxy groups -OCH3 is 2. The largest absolute Gasteiger partial charge is 0.396 e. The fourth-order valence-corrected chi connectivity index (χ4v) is 22.3. The van der Waals surface area contributed by atoms with E-state index in [0.717, 1.165) is 128 Å². The molecule has 3 N–H and O–H groups in total. The first-order valence-corrected chi connectivity index (χ1v) is 61.9. The normalized spacial score (nSPS) is 28.1. The van der Waals surface area contributed by atoms with E-state index >= 15 is 0 Å². The van der Waals surface area contributed by atoms with Crippen molar-refractivity contribution in [1.29, 1.82) is 0 Å². The van der Waals surface area contributed by atoms with Crippen molar-refractivity contribution in [2.45, 2.75) is 666 Å². The van der Waals surface area contributed by atoms with Crippen molar-refractivity contribution in [3.8, 4) is 0 Å². The Morgan fingerprint density at radius 2 is 0.578 bits per heavy atom. The molecule has 0 aromatic carbocycles. The van der Waals surface area contributed by atoms with Crippen LogP contribution in [0.4, 0.5) is 13.2 Å². The highest BCUT2D eigenvalue weighted by molar-refractivity contribution is 5.18. The van der Waals surface area contributed by atoms with E-state index in [-0.39, 0.29) is 78.4 Å². The van der Waals surface area contributed by atoms with E-state index in [2.05, 4.69) is 300 Å². The van der Waals surface area contributed by atoms with E-state index in [4.69, 9.17) is 32.8 Å². The van der Waals surface area contributed by atoms with E-state index in [1.165, 1.54) is 173 Å². The number of ether oxygens (including phenoxy) is 2. The highest BCUT2D eigenvalue weighted by Gasteiger charge is 2.64. The van der Waals surface area contributed by atoms with E-state index in [9.17, 15) is 18.3 Å². The van der Waals surface area contributed by atoms with Gasteiger partial charge in [-0.25, -0.2) is 26.3 Å². The second-order valence-electron chi connectivity index (χ2n) is 64.7. The third-order valence-corrected chi connectivity index (χ3v) is 40.9. The number of nitrogens with zero attached hydrogens (tertiary/aromatic N) is 2. The molecule has 0 radical (unpaired) electrons. The van der Waals surface area contributed by atoms with Crippen molar-refractivity contribution in [3.63, 3.8) is 0 Å². The molecular formula is C137H271F3N2O5. The molecule has 147 heavy (non-hydrogen) atoms. The van der Waals surface area contributed by atoms with Crippen LogP contribution in [0.1, 0.15) is 632 Å². The molecule has 880 valence electrons. The number of aliphatic hydroxyl groups excluding tert-OH is 2. The molecule has 0 spiro atoms. The monoisotopic (exact) mass is 2080 g/mol. The van der Waals surface area contributed by atoms with E-state index in [1.807, 2.05) is 111 Å². The van der Waals surface area contributed by atoms with Crippen LogP contribution in [-0.4, -0.2) is 83.2 Å². The standard InChI is InChI=1S/C9H16F2.C9H15N.C9H18O.C9H16.C9H18.C8H13N.3C8H16O.C8H16.C7H13F.C7H14O.5C6H12.4C2H6/c1-7(2,3)8(4)5-9(10,11)6-8;1-8(2,3)9(10-4)6-5-7-9;1-8(2,3)9(5-6-9)7-10-4;1-8(2,3)9-4-7(5-9)6-9;1-8(2,3)9(4)6-5-7-9;2*1-7(2,3)8(9-4)5-6-8;2*1-7(2,3)8(6-9)4-5-8;1-7(2,3)8(4)5-6-8;2*1-6(2,3)7(8)4-5-7;4*1-5-3-6(2)4-5;1-5(2)6-3-4-6;4*1-2/h5-6H2,1-4H3;5-7H2,1-3H3;5-7H2,1-4H3;7H,4-6H2,1-3H3;5-7H2,1-4H3;5-6H2,1-3H3;5-6H2,1-4H3;2*9H,4-6H2,1-3H3;5-6H2,1-4H3;4-5H2,1-3H3;8H,4-5H2,1-3H3;5*5-6H,3-4H2,1-2H3;4*1-2H3. The highest BCUT2D eigenvalue weighted by Crippen LogP contribution is 2.72. The minimum atomic E-state index is -2.39. The second-order valence-corrected chi connectivity index (χ2v) is 64.7. The summed E-state index contributed by atoms with van der Waals surface area (Å²) in [7, 11) is 3.62. The van der Waals surface area contributed by atoms with Crippen LogP contribution >= 0.6 is 0 Å². The van der Waals surface area contributed by atoms with Crippen molar-refractivity contribution < 1.29 is 38.0 Å². The van der Waals surface area contributed by atoms with Gasteiger partial charge in [0.25, 0.3) is 0 Å². The van der Waals surface area contributed by atoms with Crippen LogP contribution in [0.15, 0.2) is 0 Å². The lowest BCUT2D eigenvalue weighted by atomic mass is 9.37. The van der Waals surface area contributed by atoms with Crippen LogP contribution in [0.25, 0.3) is 9.69 Å². The van der Waals surface area contributed by atoms with Gasteiger partial charge in [0.2, 0.25) is 17.0 Å². The first-order valence-electron chi connectivity index (χ1n) is 61.9. The Morgan fingerprint density at radius 3 is 0.592 bits per heavy atom.